The molecular weight excluding hydrogens is 301 g/mol. The Morgan fingerprint density at radius 1 is 1.25 bits per heavy atom. The SMILES string of the molecule is CC(C)C(C(=O)O)n1ccc2c(Cl)cc(Cl)cc2c1=O. The molecule has 4 nitrogen and oxygen atoms in total. The van der Waals surface area contributed by atoms with Crippen LogP contribution < -0.4 is 5.56 Å². The summed E-state index contributed by atoms with van der Waals surface area (Å²) < 4.78 is 1.21. The topological polar surface area (TPSA) is 59.3 Å². The molecule has 20 heavy (non-hydrogen) atoms. The summed E-state index contributed by atoms with van der Waals surface area (Å²) in [5, 5.41) is 10.9. The smallest absolute Gasteiger partial charge is 0.327 e. The molecule has 6 heteroatoms. The number of nitrogens with zero attached hydrogens (tertiary/aromatic N) is 1. The summed E-state index contributed by atoms with van der Waals surface area (Å²) in [5.41, 5.74) is -0.409. The van der Waals surface area contributed by atoms with Crippen LogP contribution in [0, 0.1) is 5.92 Å². The van der Waals surface area contributed by atoms with Gasteiger partial charge in [-0.25, -0.2) is 4.79 Å². The minimum atomic E-state index is -1.05. The van der Waals surface area contributed by atoms with Crippen LogP contribution >= 0.6 is 23.2 Å². The third kappa shape index (κ3) is 2.53. The molecule has 2 rings (SSSR count). The molecule has 2 aromatic rings. The second kappa shape index (κ2) is 5.46. The van der Waals surface area contributed by atoms with Crippen molar-refractivity contribution in [2.75, 3.05) is 0 Å². The molecule has 0 spiro atoms. The normalized spacial score (nSPS) is 12.8. The van der Waals surface area contributed by atoms with Crippen LogP contribution in [0.25, 0.3) is 10.8 Å². The number of halogens is 2. The van der Waals surface area contributed by atoms with E-state index in [-0.39, 0.29) is 5.92 Å². The molecule has 1 heterocycles. The highest BCUT2D eigenvalue weighted by molar-refractivity contribution is 6.38. The number of fused-ring (bicyclic) bond motifs is 1. The fourth-order valence-corrected chi connectivity index (χ4v) is 2.79. The molecule has 0 fully saturated rings. The van der Waals surface area contributed by atoms with Crippen molar-refractivity contribution < 1.29 is 9.90 Å². The number of aromatic nitrogens is 1. The molecule has 0 bridgehead atoms. The first-order valence-corrected chi connectivity index (χ1v) is 6.81. The number of carboxylic acid groups (broad SMARTS) is 1. The van der Waals surface area contributed by atoms with E-state index in [2.05, 4.69) is 0 Å². The van der Waals surface area contributed by atoms with Crippen LogP contribution in [0.15, 0.2) is 29.2 Å². The molecule has 106 valence electrons. The van der Waals surface area contributed by atoms with Gasteiger partial charge in [0.15, 0.2) is 0 Å². The maximum atomic E-state index is 12.5. The number of hydrogen-bond donors (Lipinski definition) is 1. The first kappa shape index (κ1) is 14.9. The van der Waals surface area contributed by atoms with Gasteiger partial charge in [0.1, 0.15) is 6.04 Å². The molecule has 0 aliphatic heterocycles. The van der Waals surface area contributed by atoms with E-state index in [9.17, 15) is 14.7 Å². The lowest BCUT2D eigenvalue weighted by molar-refractivity contribution is -0.142. The van der Waals surface area contributed by atoms with Crippen LogP contribution in [0.4, 0.5) is 0 Å². The number of carbonyl (C=O) groups is 1. The van der Waals surface area contributed by atoms with Gasteiger partial charge in [-0.2, -0.15) is 0 Å². The average Bonchev–Trinajstić information content (AvgIpc) is 2.32. The summed E-state index contributed by atoms with van der Waals surface area (Å²) in [6.07, 6.45) is 1.46. The number of hydrogen-bond acceptors (Lipinski definition) is 2. The van der Waals surface area contributed by atoms with Crippen molar-refractivity contribution in [1.29, 1.82) is 0 Å². The van der Waals surface area contributed by atoms with Crippen molar-refractivity contribution >= 4 is 39.9 Å². The maximum absolute atomic E-state index is 12.5. The maximum Gasteiger partial charge on any atom is 0.327 e. The number of carboxylic acids is 1. The van der Waals surface area contributed by atoms with Gasteiger partial charge in [-0.3, -0.25) is 4.79 Å². The van der Waals surface area contributed by atoms with Crippen LogP contribution in [0.3, 0.4) is 0 Å². The lowest BCUT2D eigenvalue weighted by atomic mass is 10.0. The highest BCUT2D eigenvalue weighted by atomic mass is 35.5. The zero-order valence-corrected chi connectivity index (χ0v) is 12.4. The Bertz CT molecular complexity index is 737. The molecule has 1 aromatic carbocycles. The number of aliphatic carboxylic acids is 1. The van der Waals surface area contributed by atoms with E-state index in [1.54, 1.807) is 26.0 Å². The Morgan fingerprint density at radius 2 is 1.90 bits per heavy atom. The fraction of sp³-hybridized carbons (Fsp3) is 0.286. The van der Waals surface area contributed by atoms with Gasteiger partial charge in [0, 0.05) is 16.6 Å². The molecule has 1 aromatic heterocycles. The van der Waals surface area contributed by atoms with Gasteiger partial charge in [0.05, 0.1) is 10.4 Å². The van der Waals surface area contributed by atoms with Crippen molar-refractivity contribution in [3.05, 3.63) is 44.8 Å². The zero-order valence-electron chi connectivity index (χ0n) is 10.9. The van der Waals surface area contributed by atoms with Gasteiger partial charge in [-0.15, -0.1) is 0 Å². The Morgan fingerprint density at radius 3 is 2.45 bits per heavy atom. The van der Waals surface area contributed by atoms with Gasteiger partial charge in [-0.1, -0.05) is 37.0 Å². The third-order valence-electron chi connectivity index (χ3n) is 3.15. The van der Waals surface area contributed by atoms with E-state index in [1.807, 2.05) is 0 Å². The number of rotatable bonds is 3. The number of benzene rings is 1. The predicted octanol–water partition coefficient (Wildman–Crippen LogP) is 3.59. The monoisotopic (exact) mass is 313 g/mol. The Hall–Kier alpha value is -1.52. The second-order valence-electron chi connectivity index (χ2n) is 4.90. The van der Waals surface area contributed by atoms with Crippen molar-refractivity contribution in [1.82, 2.24) is 4.57 Å². The van der Waals surface area contributed by atoms with Crippen LogP contribution in [0.5, 0.6) is 0 Å². The second-order valence-corrected chi connectivity index (χ2v) is 5.75. The van der Waals surface area contributed by atoms with Gasteiger partial charge in [0.25, 0.3) is 5.56 Å². The minimum absolute atomic E-state index is 0.225. The predicted molar refractivity (Wildman–Crippen MR) is 79.7 cm³/mol. The summed E-state index contributed by atoms with van der Waals surface area (Å²) in [7, 11) is 0. The molecule has 0 aliphatic carbocycles. The molecule has 0 aliphatic rings. The molecule has 1 unspecified atom stereocenters. The van der Waals surface area contributed by atoms with Gasteiger partial charge >= 0.3 is 5.97 Å². The highest BCUT2D eigenvalue weighted by Gasteiger charge is 2.25. The third-order valence-corrected chi connectivity index (χ3v) is 3.68. The van der Waals surface area contributed by atoms with E-state index >= 15 is 0 Å². The Kier molecular flexibility index (Phi) is 4.06. The van der Waals surface area contributed by atoms with Gasteiger partial charge in [0.2, 0.25) is 0 Å². The van der Waals surface area contributed by atoms with Gasteiger partial charge < -0.3 is 9.67 Å². The minimum Gasteiger partial charge on any atom is -0.480 e. The van der Waals surface area contributed by atoms with E-state index in [0.717, 1.165) is 0 Å². The van der Waals surface area contributed by atoms with Crippen LogP contribution in [-0.4, -0.2) is 15.6 Å². The summed E-state index contributed by atoms with van der Waals surface area (Å²) in [4.78, 5) is 23.8. The van der Waals surface area contributed by atoms with Crippen LogP contribution in [-0.2, 0) is 4.79 Å². The molecular formula is C14H13Cl2NO3. The van der Waals surface area contributed by atoms with Crippen molar-refractivity contribution in [2.45, 2.75) is 19.9 Å². The largest absolute Gasteiger partial charge is 0.480 e. The van der Waals surface area contributed by atoms with Crippen molar-refractivity contribution in [3.63, 3.8) is 0 Å². The van der Waals surface area contributed by atoms with E-state index in [0.29, 0.717) is 20.8 Å². The van der Waals surface area contributed by atoms with E-state index < -0.39 is 17.6 Å². The van der Waals surface area contributed by atoms with Crippen LogP contribution in [0.2, 0.25) is 10.0 Å². The summed E-state index contributed by atoms with van der Waals surface area (Å²) in [6, 6.07) is 3.76. The first-order chi connectivity index (χ1) is 9.32. The van der Waals surface area contributed by atoms with Gasteiger partial charge in [-0.05, 0) is 24.1 Å². The van der Waals surface area contributed by atoms with Crippen molar-refractivity contribution in [3.8, 4) is 0 Å². The molecule has 0 saturated heterocycles. The summed E-state index contributed by atoms with van der Waals surface area (Å²) >= 11 is 11.9. The Balaban J connectivity index is 2.78. The summed E-state index contributed by atoms with van der Waals surface area (Å²) in [5.74, 6) is -1.27. The molecule has 1 N–H and O–H groups in total. The van der Waals surface area contributed by atoms with E-state index in [4.69, 9.17) is 23.2 Å². The van der Waals surface area contributed by atoms with Crippen molar-refractivity contribution in [2.24, 2.45) is 5.92 Å². The summed E-state index contributed by atoms with van der Waals surface area (Å²) in [6.45, 7) is 3.50. The first-order valence-electron chi connectivity index (χ1n) is 6.05. The molecule has 0 saturated carbocycles. The lowest BCUT2D eigenvalue weighted by Gasteiger charge is -2.19. The number of pyridine rings is 1. The highest BCUT2D eigenvalue weighted by Crippen LogP contribution is 2.26. The fourth-order valence-electron chi connectivity index (χ4n) is 2.24. The standard InChI is InChI=1S/C14H13Cl2NO3/c1-7(2)12(14(19)20)17-4-3-9-10(13(17)18)5-8(15)6-11(9)16/h3-7,12H,1-2H3,(H,19,20). The zero-order chi connectivity index (χ0) is 15.0. The van der Waals surface area contributed by atoms with E-state index in [1.165, 1.54) is 16.8 Å². The lowest BCUT2D eigenvalue weighted by Crippen LogP contribution is -2.32. The van der Waals surface area contributed by atoms with Crippen LogP contribution in [0.1, 0.15) is 19.9 Å². The quantitative estimate of drug-likeness (QED) is 0.942. The average molecular weight is 314 g/mol. The Labute approximate surface area is 125 Å². The molecule has 0 radical (unpaired) electrons. The molecule has 0 amide bonds. The molecule has 1 atom stereocenters.